The van der Waals surface area contributed by atoms with Gasteiger partial charge in [0.1, 0.15) is 5.69 Å². The van der Waals surface area contributed by atoms with Crippen molar-refractivity contribution >= 4 is 5.91 Å². The van der Waals surface area contributed by atoms with E-state index < -0.39 is 0 Å². The number of nitrogens with one attached hydrogen (secondary N) is 1. The summed E-state index contributed by atoms with van der Waals surface area (Å²) in [5.41, 5.74) is 2.21. The van der Waals surface area contributed by atoms with Crippen LogP contribution in [-0.4, -0.2) is 33.4 Å². The zero-order valence-electron chi connectivity index (χ0n) is 14.2. The molecule has 2 N–H and O–H groups in total. The van der Waals surface area contributed by atoms with Crippen LogP contribution in [0.3, 0.4) is 0 Å². The molecule has 0 radical (unpaired) electrons. The molecular formula is C18H25N3O2. The molecule has 0 aliphatic rings. The Balaban J connectivity index is 2.08. The van der Waals surface area contributed by atoms with Gasteiger partial charge in [0, 0.05) is 5.69 Å². The van der Waals surface area contributed by atoms with Gasteiger partial charge in [-0.2, -0.15) is 5.10 Å². The van der Waals surface area contributed by atoms with Crippen LogP contribution in [0.15, 0.2) is 36.4 Å². The molecule has 1 amide bonds. The Morgan fingerprint density at radius 2 is 1.96 bits per heavy atom. The van der Waals surface area contributed by atoms with Gasteiger partial charge in [-0.1, -0.05) is 30.3 Å². The fourth-order valence-electron chi connectivity index (χ4n) is 2.58. The van der Waals surface area contributed by atoms with Crippen molar-refractivity contribution < 1.29 is 9.90 Å². The highest BCUT2D eigenvalue weighted by atomic mass is 16.3. The molecule has 5 heteroatoms. The van der Waals surface area contributed by atoms with Gasteiger partial charge in [-0.3, -0.25) is 9.48 Å². The van der Waals surface area contributed by atoms with Crippen LogP contribution in [-0.2, 0) is 12.0 Å². The number of nitrogens with zero attached hydrogens (tertiary/aromatic N) is 2. The lowest BCUT2D eigenvalue weighted by Crippen LogP contribution is -2.39. The Morgan fingerprint density at radius 3 is 2.48 bits per heavy atom. The first-order valence-corrected chi connectivity index (χ1v) is 7.84. The van der Waals surface area contributed by atoms with Crippen molar-refractivity contribution in [3.8, 4) is 0 Å². The topological polar surface area (TPSA) is 67.2 Å². The number of hydrogen-bond donors (Lipinski definition) is 2. The fraction of sp³-hybridized carbons (Fsp3) is 0.444. The van der Waals surface area contributed by atoms with Gasteiger partial charge in [-0.15, -0.1) is 0 Å². The normalized spacial score (nSPS) is 12.9. The van der Waals surface area contributed by atoms with E-state index >= 15 is 0 Å². The van der Waals surface area contributed by atoms with Crippen LogP contribution < -0.4 is 5.32 Å². The van der Waals surface area contributed by atoms with Crippen molar-refractivity contribution in [2.75, 3.05) is 6.61 Å². The van der Waals surface area contributed by atoms with Gasteiger partial charge in [-0.25, -0.2) is 0 Å². The Kier molecular flexibility index (Phi) is 5.21. The number of rotatable bonds is 5. The molecule has 1 heterocycles. The summed E-state index contributed by atoms with van der Waals surface area (Å²) >= 11 is 0. The van der Waals surface area contributed by atoms with E-state index in [9.17, 15) is 9.90 Å². The van der Waals surface area contributed by atoms with Crippen molar-refractivity contribution in [1.82, 2.24) is 15.1 Å². The molecule has 0 saturated carbocycles. The third kappa shape index (κ3) is 4.42. The molecular weight excluding hydrogens is 290 g/mol. The number of benzene rings is 1. The number of hydrogen-bond acceptors (Lipinski definition) is 3. The Morgan fingerprint density at radius 1 is 1.30 bits per heavy atom. The minimum atomic E-state index is -0.329. The first-order valence-electron chi connectivity index (χ1n) is 7.84. The number of carbonyl (C=O) groups excluding carboxylic acids is 1. The maximum atomic E-state index is 12.4. The number of aryl methyl sites for hydroxylation is 1. The number of amides is 1. The van der Waals surface area contributed by atoms with E-state index in [2.05, 4.69) is 10.4 Å². The highest BCUT2D eigenvalue weighted by Crippen LogP contribution is 2.16. The lowest BCUT2D eigenvalue weighted by atomic mass is 10.1. The monoisotopic (exact) mass is 315 g/mol. The molecule has 0 bridgehead atoms. The van der Waals surface area contributed by atoms with Gasteiger partial charge in [-0.05, 0) is 45.7 Å². The van der Waals surface area contributed by atoms with Crippen LogP contribution in [0, 0.1) is 6.92 Å². The predicted molar refractivity (Wildman–Crippen MR) is 90.4 cm³/mol. The van der Waals surface area contributed by atoms with Crippen molar-refractivity contribution in [2.24, 2.45) is 0 Å². The van der Waals surface area contributed by atoms with Gasteiger partial charge >= 0.3 is 0 Å². The number of aliphatic hydroxyl groups is 1. The van der Waals surface area contributed by atoms with E-state index in [0.717, 1.165) is 11.3 Å². The van der Waals surface area contributed by atoms with E-state index in [-0.39, 0.29) is 24.1 Å². The molecule has 0 fully saturated rings. The summed E-state index contributed by atoms with van der Waals surface area (Å²) in [6.45, 7) is 7.95. The first-order chi connectivity index (χ1) is 10.8. The third-order valence-electron chi connectivity index (χ3n) is 3.64. The summed E-state index contributed by atoms with van der Waals surface area (Å²) in [5, 5.41) is 16.8. The van der Waals surface area contributed by atoms with Gasteiger partial charge in [0.05, 0.1) is 18.2 Å². The lowest BCUT2D eigenvalue weighted by molar-refractivity contribution is 0.0910. The maximum absolute atomic E-state index is 12.4. The zero-order valence-corrected chi connectivity index (χ0v) is 14.2. The number of aromatic nitrogens is 2. The van der Waals surface area contributed by atoms with Gasteiger partial charge in [0.15, 0.2) is 0 Å². The van der Waals surface area contributed by atoms with E-state index in [1.165, 1.54) is 0 Å². The van der Waals surface area contributed by atoms with Crippen LogP contribution in [0.4, 0.5) is 0 Å². The minimum Gasteiger partial charge on any atom is -0.394 e. The third-order valence-corrected chi connectivity index (χ3v) is 3.64. The summed E-state index contributed by atoms with van der Waals surface area (Å²) in [5.74, 6) is -0.258. The van der Waals surface area contributed by atoms with E-state index in [1.54, 1.807) is 6.07 Å². The summed E-state index contributed by atoms with van der Waals surface area (Å²) in [4.78, 5) is 12.4. The molecule has 0 saturated heterocycles. The van der Waals surface area contributed by atoms with Gasteiger partial charge in [0.2, 0.25) is 0 Å². The van der Waals surface area contributed by atoms with Crippen molar-refractivity contribution in [3.63, 3.8) is 0 Å². The molecule has 0 aliphatic carbocycles. The van der Waals surface area contributed by atoms with Gasteiger partial charge in [0.25, 0.3) is 5.91 Å². The quantitative estimate of drug-likeness (QED) is 0.889. The van der Waals surface area contributed by atoms with Crippen molar-refractivity contribution in [2.45, 2.75) is 45.7 Å². The molecule has 1 unspecified atom stereocenters. The van der Waals surface area contributed by atoms with Crippen molar-refractivity contribution in [3.05, 3.63) is 53.3 Å². The average Bonchev–Trinajstić information content (AvgIpc) is 2.90. The fourth-order valence-corrected chi connectivity index (χ4v) is 2.58. The van der Waals surface area contributed by atoms with Crippen LogP contribution in [0.25, 0.3) is 0 Å². The average molecular weight is 315 g/mol. The Bertz CT molecular complexity index is 657. The molecule has 23 heavy (non-hydrogen) atoms. The van der Waals surface area contributed by atoms with Crippen LogP contribution in [0.1, 0.15) is 42.5 Å². The summed E-state index contributed by atoms with van der Waals surface area (Å²) in [6, 6.07) is 11.2. The summed E-state index contributed by atoms with van der Waals surface area (Å²) in [7, 11) is 0. The van der Waals surface area contributed by atoms with Crippen LogP contribution in [0.5, 0.6) is 0 Å². The molecule has 2 aromatic rings. The summed E-state index contributed by atoms with van der Waals surface area (Å²) in [6.07, 6.45) is 0.585. The second-order valence-electron chi connectivity index (χ2n) is 6.80. The molecule has 0 spiro atoms. The minimum absolute atomic E-state index is 0.112. The summed E-state index contributed by atoms with van der Waals surface area (Å²) < 4.78 is 1.84. The predicted octanol–water partition coefficient (Wildman–Crippen LogP) is 2.28. The van der Waals surface area contributed by atoms with E-state index in [0.29, 0.717) is 12.1 Å². The first kappa shape index (κ1) is 17.2. The molecule has 1 atom stereocenters. The Labute approximate surface area is 137 Å². The van der Waals surface area contributed by atoms with E-state index in [4.69, 9.17) is 0 Å². The van der Waals surface area contributed by atoms with Gasteiger partial charge < -0.3 is 10.4 Å². The highest BCUT2D eigenvalue weighted by Gasteiger charge is 2.21. The van der Waals surface area contributed by atoms with Crippen LogP contribution in [0.2, 0.25) is 0 Å². The standard InChI is InChI=1S/C18H25N3O2/c1-13-10-16(20-21(13)18(2,3)4)17(23)19-15(12-22)11-14-8-6-5-7-9-14/h5-10,15,22H,11-12H2,1-4H3,(H,19,23). The maximum Gasteiger partial charge on any atom is 0.272 e. The Hall–Kier alpha value is -2.14. The van der Waals surface area contributed by atoms with Crippen LogP contribution >= 0.6 is 0 Å². The molecule has 2 rings (SSSR count). The SMILES string of the molecule is Cc1cc(C(=O)NC(CO)Cc2ccccc2)nn1C(C)(C)C. The molecule has 0 aliphatic heterocycles. The van der Waals surface area contributed by atoms with E-state index in [1.807, 2.05) is 62.7 Å². The molecule has 124 valence electrons. The second kappa shape index (κ2) is 6.96. The molecule has 5 nitrogen and oxygen atoms in total. The molecule has 1 aromatic carbocycles. The highest BCUT2D eigenvalue weighted by molar-refractivity contribution is 5.92. The second-order valence-corrected chi connectivity index (χ2v) is 6.80. The smallest absolute Gasteiger partial charge is 0.272 e. The molecule has 1 aromatic heterocycles. The zero-order chi connectivity index (χ0) is 17.0. The largest absolute Gasteiger partial charge is 0.394 e. The lowest BCUT2D eigenvalue weighted by Gasteiger charge is -2.21. The number of carbonyl (C=O) groups is 1. The van der Waals surface area contributed by atoms with Crippen molar-refractivity contribution in [1.29, 1.82) is 0 Å². The number of aliphatic hydroxyl groups excluding tert-OH is 1.